The highest BCUT2D eigenvalue weighted by Gasteiger charge is 2.32. The van der Waals surface area contributed by atoms with Gasteiger partial charge in [0.25, 0.3) is 5.92 Å². The first-order valence-corrected chi connectivity index (χ1v) is 5.02. The predicted octanol–water partition coefficient (Wildman–Crippen LogP) is 1.60. The number of likely N-dealkylation sites (N-methyl/N-ethyl adjacent to an activating group) is 1. The SMILES string of the molecule is CN1CCOc2ccc(C(F)(F)CO)cc21. The van der Waals surface area contributed by atoms with E-state index < -0.39 is 12.5 Å². The lowest BCUT2D eigenvalue weighted by molar-refractivity contribution is -0.0556. The zero-order chi connectivity index (χ0) is 11.8. The second kappa shape index (κ2) is 3.90. The fourth-order valence-corrected chi connectivity index (χ4v) is 1.67. The molecule has 1 aromatic carbocycles. The Labute approximate surface area is 92.2 Å². The van der Waals surface area contributed by atoms with E-state index in [9.17, 15) is 8.78 Å². The fraction of sp³-hybridized carbons (Fsp3) is 0.455. The van der Waals surface area contributed by atoms with Gasteiger partial charge in [-0.25, -0.2) is 0 Å². The zero-order valence-electron chi connectivity index (χ0n) is 8.91. The van der Waals surface area contributed by atoms with Crippen molar-refractivity contribution in [3.8, 4) is 5.75 Å². The van der Waals surface area contributed by atoms with Crippen molar-refractivity contribution in [3.05, 3.63) is 23.8 Å². The molecule has 1 aliphatic rings. The number of ether oxygens (including phenoxy) is 1. The van der Waals surface area contributed by atoms with Crippen molar-refractivity contribution in [1.29, 1.82) is 0 Å². The minimum absolute atomic E-state index is 0.189. The van der Waals surface area contributed by atoms with Crippen LogP contribution in [0, 0.1) is 0 Å². The zero-order valence-corrected chi connectivity index (χ0v) is 8.91. The highest BCUT2D eigenvalue weighted by atomic mass is 19.3. The van der Waals surface area contributed by atoms with Crippen molar-refractivity contribution in [2.24, 2.45) is 0 Å². The van der Waals surface area contributed by atoms with Crippen molar-refractivity contribution >= 4 is 5.69 Å². The van der Waals surface area contributed by atoms with Crippen LogP contribution in [0.2, 0.25) is 0 Å². The third kappa shape index (κ3) is 1.82. The van der Waals surface area contributed by atoms with Crippen LogP contribution in [0.3, 0.4) is 0 Å². The largest absolute Gasteiger partial charge is 0.490 e. The Hall–Kier alpha value is -1.36. The van der Waals surface area contributed by atoms with Crippen molar-refractivity contribution < 1.29 is 18.6 Å². The van der Waals surface area contributed by atoms with Gasteiger partial charge in [-0.2, -0.15) is 8.78 Å². The molecule has 1 aliphatic heterocycles. The van der Waals surface area contributed by atoms with E-state index in [0.717, 1.165) is 0 Å². The lowest BCUT2D eigenvalue weighted by atomic mass is 10.1. The van der Waals surface area contributed by atoms with Crippen LogP contribution < -0.4 is 9.64 Å². The number of aliphatic hydroxyl groups is 1. The van der Waals surface area contributed by atoms with Gasteiger partial charge >= 0.3 is 0 Å². The molecule has 16 heavy (non-hydrogen) atoms. The Kier molecular flexibility index (Phi) is 2.71. The number of aliphatic hydroxyl groups excluding tert-OH is 1. The first-order chi connectivity index (χ1) is 7.54. The van der Waals surface area contributed by atoms with Crippen LogP contribution in [0.5, 0.6) is 5.75 Å². The quantitative estimate of drug-likeness (QED) is 0.836. The molecule has 3 nitrogen and oxygen atoms in total. The average Bonchev–Trinajstić information content (AvgIpc) is 2.29. The minimum Gasteiger partial charge on any atom is -0.490 e. The molecule has 1 aromatic rings. The molecule has 2 rings (SSSR count). The van der Waals surface area contributed by atoms with Gasteiger partial charge in [0.05, 0.1) is 12.2 Å². The van der Waals surface area contributed by atoms with Crippen molar-refractivity contribution in [3.63, 3.8) is 0 Å². The van der Waals surface area contributed by atoms with Gasteiger partial charge in [0.15, 0.2) is 0 Å². The van der Waals surface area contributed by atoms with Crippen molar-refractivity contribution in [1.82, 2.24) is 0 Å². The van der Waals surface area contributed by atoms with E-state index in [4.69, 9.17) is 9.84 Å². The highest BCUT2D eigenvalue weighted by Crippen LogP contribution is 2.36. The third-order valence-corrected chi connectivity index (χ3v) is 2.68. The van der Waals surface area contributed by atoms with Gasteiger partial charge in [-0.3, -0.25) is 0 Å². The maximum atomic E-state index is 13.3. The number of fused-ring (bicyclic) bond motifs is 1. The lowest BCUT2D eigenvalue weighted by Crippen LogP contribution is -2.29. The molecule has 1 N–H and O–H groups in total. The number of nitrogens with zero attached hydrogens (tertiary/aromatic N) is 1. The second-order valence-electron chi connectivity index (χ2n) is 3.82. The Morgan fingerprint density at radius 1 is 1.50 bits per heavy atom. The van der Waals surface area contributed by atoms with E-state index in [-0.39, 0.29) is 5.56 Å². The number of benzene rings is 1. The normalized spacial score (nSPS) is 15.6. The topological polar surface area (TPSA) is 32.7 Å². The van der Waals surface area contributed by atoms with Gasteiger partial charge in [0, 0.05) is 12.6 Å². The van der Waals surface area contributed by atoms with Crippen LogP contribution >= 0.6 is 0 Å². The summed E-state index contributed by atoms with van der Waals surface area (Å²) in [4.78, 5) is 1.86. The molecule has 0 radical (unpaired) electrons. The first kappa shape index (κ1) is 11.1. The molecule has 0 atom stereocenters. The van der Waals surface area contributed by atoms with E-state index in [1.54, 1.807) is 0 Å². The van der Waals surface area contributed by atoms with Crippen molar-refractivity contribution in [2.75, 3.05) is 31.7 Å². The Balaban J connectivity index is 2.41. The molecule has 88 valence electrons. The number of hydrogen-bond donors (Lipinski definition) is 1. The molecule has 0 spiro atoms. The lowest BCUT2D eigenvalue weighted by Gasteiger charge is -2.28. The van der Waals surface area contributed by atoms with E-state index in [2.05, 4.69) is 0 Å². The Morgan fingerprint density at radius 3 is 2.94 bits per heavy atom. The monoisotopic (exact) mass is 229 g/mol. The molecule has 0 fully saturated rings. The Morgan fingerprint density at radius 2 is 2.25 bits per heavy atom. The minimum atomic E-state index is -3.20. The molecule has 5 heteroatoms. The number of hydrogen-bond acceptors (Lipinski definition) is 3. The van der Waals surface area contributed by atoms with Crippen molar-refractivity contribution in [2.45, 2.75) is 5.92 Å². The summed E-state index contributed by atoms with van der Waals surface area (Å²) in [6.45, 7) is 0.0384. The molecule has 0 amide bonds. The van der Waals surface area contributed by atoms with E-state index in [1.807, 2.05) is 11.9 Å². The smallest absolute Gasteiger partial charge is 0.295 e. The van der Waals surface area contributed by atoms with Crippen LogP contribution in [0.25, 0.3) is 0 Å². The van der Waals surface area contributed by atoms with E-state index in [0.29, 0.717) is 24.6 Å². The summed E-state index contributed by atoms with van der Waals surface area (Å²) in [7, 11) is 1.82. The molecule has 0 aliphatic carbocycles. The number of alkyl halides is 2. The second-order valence-corrected chi connectivity index (χ2v) is 3.82. The van der Waals surface area contributed by atoms with Crippen LogP contribution in [-0.2, 0) is 5.92 Å². The van der Waals surface area contributed by atoms with Gasteiger partial charge in [-0.1, -0.05) is 0 Å². The summed E-state index contributed by atoms with van der Waals surface area (Å²) in [6.07, 6.45) is 0. The Bertz CT molecular complexity index is 396. The summed E-state index contributed by atoms with van der Waals surface area (Å²) in [5.41, 5.74) is 0.447. The summed E-state index contributed by atoms with van der Waals surface area (Å²) in [6, 6.07) is 4.17. The van der Waals surface area contributed by atoms with Gasteiger partial charge < -0.3 is 14.7 Å². The number of halogens is 2. The molecular weight excluding hydrogens is 216 g/mol. The maximum absolute atomic E-state index is 13.3. The molecular formula is C11H13F2NO2. The van der Waals surface area contributed by atoms with Gasteiger partial charge in [-0.15, -0.1) is 0 Å². The fourth-order valence-electron chi connectivity index (χ4n) is 1.67. The number of anilines is 1. The van der Waals surface area contributed by atoms with Crippen LogP contribution in [0.1, 0.15) is 5.56 Å². The van der Waals surface area contributed by atoms with Crippen LogP contribution in [0.15, 0.2) is 18.2 Å². The van der Waals surface area contributed by atoms with E-state index >= 15 is 0 Å². The molecule has 0 saturated carbocycles. The summed E-state index contributed by atoms with van der Waals surface area (Å²) >= 11 is 0. The maximum Gasteiger partial charge on any atom is 0.295 e. The van der Waals surface area contributed by atoms with E-state index in [1.165, 1.54) is 18.2 Å². The van der Waals surface area contributed by atoms with Gasteiger partial charge in [0.1, 0.15) is 19.0 Å². The first-order valence-electron chi connectivity index (χ1n) is 5.02. The molecule has 0 saturated heterocycles. The summed E-state index contributed by atoms with van der Waals surface area (Å²) in [5.74, 6) is -2.60. The molecule has 1 heterocycles. The van der Waals surface area contributed by atoms with Crippen LogP contribution in [-0.4, -0.2) is 31.9 Å². The molecule has 0 bridgehead atoms. The average molecular weight is 229 g/mol. The van der Waals surface area contributed by atoms with Crippen LogP contribution in [0.4, 0.5) is 14.5 Å². The molecule has 0 unspecified atom stereocenters. The molecule has 0 aromatic heterocycles. The third-order valence-electron chi connectivity index (χ3n) is 2.68. The van der Waals surface area contributed by atoms with Gasteiger partial charge in [-0.05, 0) is 18.2 Å². The summed E-state index contributed by atoms with van der Waals surface area (Å²) in [5, 5.41) is 8.62. The highest BCUT2D eigenvalue weighted by molar-refractivity contribution is 5.61. The predicted molar refractivity (Wildman–Crippen MR) is 56.2 cm³/mol. The summed E-state index contributed by atoms with van der Waals surface area (Å²) < 4.78 is 31.9. The number of rotatable bonds is 2. The van der Waals surface area contributed by atoms with Gasteiger partial charge in [0.2, 0.25) is 0 Å². The standard InChI is InChI=1S/C11H13F2NO2/c1-14-4-5-16-10-3-2-8(6-9(10)14)11(12,13)7-15/h2-3,6,15H,4-5,7H2,1H3.